The van der Waals surface area contributed by atoms with E-state index in [2.05, 4.69) is 15.5 Å². The van der Waals surface area contributed by atoms with Crippen molar-refractivity contribution in [2.75, 3.05) is 6.61 Å². The summed E-state index contributed by atoms with van der Waals surface area (Å²) < 4.78 is 5.71. The number of aryl methyl sites for hydroxylation is 1. The van der Waals surface area contributed by atoms with E-state index in [4.69, 9.17) is 10.5 Å². The number of rotatable bonds is 3. The summed E-state index contributed by atoms with van der Waals surface area (Å²) in [6.45, 7) is 7.12. The minimum absolute atomic E-state index is 0.0881. The molecule has 3 unspecified atom stereocenters. The Balaban J connectivity index is 1.72. The molecule has 2 heterocycles. The minimum atomic E-state index is -0.841. The van der Waals surface area contributed by atoms with Crippen LogP contribution in [0, 0.1) is 18.3 Å². The molecule has 1 saturated heterocycles. The molecule has 110 valence electrons. The molecule has 2 aliphatic rings. The highest BCUT2D eigenvalue weighted by molar-refractivity contribution is 5.89. The first-order valence-corrected chi connectivity index (χ1v) is 7.06. The fraction of sp³-hybridized carbons (Fsp3) is 0.714. The highest BCUT2D eigenvalue weighted by Crippen LogP contribution is 2.58. The van der Waals surface area contributed by atoms with Crippen molar-refractivity contribution < 1.29 is 9.53 Å². The van der Waals surface area contributed by atoms with Gasteiger partial charge in [0.2, 0.25) is 5.91 Å². The van der Waals surface area contributed by atoms with Gasteiger partial charge in [0, 0.05) is 35.7 Å². The summed E-state index contributed by atoms with van der Waals surface area (Å²) >= 11 is 0. The zero-order valence-electron chi connectivity index (χ0n) is 12.2. The summed E-state index contributed by atoms with van der Waals surface area (Å²) in [7, 11) is 0. The molecular weight excluding hydrogens is 256 g/mol. The van der Waals surface area contributed by atoms with Crippen molar-refractivity contribution in [3.05, 3.63) is 17.5 Å². The lowest BCUT2D eigenvalue weighted by Crippen LogP contribution is -2.80. The molecule has 2 fully saturated rings. The number of aromatic amines is 1. The van der Waals surface area contributed by atoms with Gasteiger partial charge in [-0.05, 0) is 13.3 Å². The number of nitrogens with zero attached hydrogens (tertiary/aromatic N) is 1. The predicted octanol–water partition coefficient (Wildman–Crippen LogP) is 0.477. The number of hydrogen-bond donors (Lipinski definition) is 3. The molecule has 4 N–H and O–H groups in total. The van der Waals surface area contributed by atoms with Crippen LogP contribution in [0.3, 0.4) is 0 Å². The average molecular weight is 278 g/mol. The highest BCUT2D eigenvalue weighted by atomic mass is 16.5. The standard InChI is InChI=1S/C14H22N4O2/c1-8-9(7-17-18-8)6-16-12(19)14(15)10-4-5-20-11(10)13(14,2)3/h7,10-11H,4-6,15H2,1-3H3,(H,16,19)(H,17,18). The minimum Gasteiger partial charge on any atom is -0.377 e. The lowest BCUT2D eigenvalue weighted by molar-refractivity contribution is -0.175. The SMILES string of the molecule is Cc1[nH]ncc1CNC(=O)C1(N)C2CCOC2C1(C)C. The van der Waals surface area contributed by atoms with Crippen LogP contribution in [-0.2, 0) is 16.1 Å². The molecule has 6 nitrogen and oxygen atoms in total. The van der Waals surface area contributed by atoms with Crippen molar-refractivity contribution in [3.8, 4) is 0 Å². The van der Waals surface area contributed by atoms with Gasteiger partial charge in [0.1, 0.15) is 5.54 Å². The molecule has 1 amide bonds. The quantitative estimate of drug-likeness (QED) is 0.749. The van der Waals surface area contributed by atoms with Crippen molar-refractivity contribution in [3.63, 3.8) is 0 Å². The van der Waals surface area contributed by atoms with E-state index in [1.54, 1.807) is 6.20 Å². The predicted molar refractivity (Wildman–Crippen MR) is 73.7 cm³/mol. The van der Waals surface area contributed by atoms with Gasteiger partial charge in [0.15, 0.2) is 0 Å². The highest BCUT2D eigenvalue weighted by Gasteiger charge is 2.71. The van der Waals surface area contributed by atoms with E-state index in [9.17, 15) is 4.79 Å². The fourth-order valence-corrected chi connectivity index (χ4v) is 3.72. The molecule has 3 rings (SSSR count). The van der Waals surface area contributed by atoms with E-state index in [0.29, 0.717) is 13.2 Å². The Hall–Kier alpha value is -1.40. The van der Waals surface area contributed by atoms with Crippen LogP contribution < -0.4 is 11.1 Å². The molecule has 0 radical (unpaired) electrons. The van der Waals surface area contributed by atoms with Gasteiger partial charge in [-0.15, -0.1) is 0 Å². The first kappa shape index (κ1) is 13.6. The first-order chi connectivity index (χ1) is 9.39. The lowest BCUT2D eigenvalue weighted by atomic mass is 9.48. The Bertz CT molecular complexity index is 539. The Morgan fingerprint density at radius 1 is 1.65 bits per heavy atom. The molecule has 1 aliphatic carbocycles. The van der Waals surface area contributed by atoms with Crippen molar-refractivity contribution >= 4 is 5.91 Å². The van der Waals surface area contributed by atoms with Crippen molar-refractivity contribution in [2.45, 2.75) is 45.4 Å². The number of nitrogens with two attached hydrogens (primary N) is 1. The summed E-state index contributed by atoms with van der Waals surface area (Å²) in [5.41, 5.74) is 7.25. The van der Waals surface area contributed by atoms with Crippen LogP contribution in [-0.4, -0.2) is 34.4 Å². The molecule has 20 heavy (non-hydrogen) atoms. The summed E-state index contributed by atoms with van der Waals surface area (Å²) in [4.78, 5) is 12.6. The van der Waals surface area contributed by atoms with Gasteiger partial charge in [-0.2, -0.15) is 5.10 Å². The van der Waals surface area contributed by atoms with Crippen molar-refractivity contribution in [1.29, 1.82) is 0 Å². The third kappa shape index (κ3) is 1.58. The number of fused-ring (bicyclic) bond motifs is 1. The van der Waals surface area contributed by atoms with Crippen molar-refractivity contribution in [2.24, 2.45) is 17.1 Å². The summed E-state index contributed by atoms with van der Waals surface area (Å²) in [5.74, 6) is 0.0396. The topological polar surface area (TPSA) is 93.0 Å². The molecule has 0 spiro atoms. The Morgan fingerprint density at radius 3 is 3.05 bits per heavy atom. The number of aromatic nitrogens is 2. The van der Waals surface area contributed by atoms with Crippen LogP contribution in [0.1, 0.15) is 31.5 Å². The zero-order valence-corrected chi connectivity index (χ0v) is 12.2. The largest absolute Gasteiger partial charge is 0.377 e. The van der Waals surface area contributed by atoms with Gasteiger partial charge < -0.3 is 15.8 Å². The van der Waals surface area contributed by atoms with Crippen LogP contribution in [0.5, 0.6) is 0 Å². The fourth-order valence-electron chi connectivity index (χ4n) is 3.72. The first-order valence-electron chi connectivity index (χ1n) is 7.06. The molecule has 1 aromatic heterocycles. The Morgan fingerprint density at radius 2 is 2.40 bits per heavy atom. The number of carbonyl (C=O) groups is 1. The van der Waals surface area contributed by atoms with Crippen LogP contribution in [0.25, 0.3) is 0 Å². The van der Waals surface area contributed by atoms with Gasteiger partial charge in [-0.1, -0.05) is 13.8 Å². The molecule has 1 saturated carbocycles. The molecular formula is C14H22N4O2. The Labute approximate surface area is 118 Å². The summed E-state index contributed by atoms with van der Waals surface area (Å²) in [5, 5.41) is 9.77. The maximum absolute atomic E-state index is 12.6. The summed E-state index contributed by atoms with van der Waals surface area (Å²) in [6, 6.07) is 0. The number of hydrogen-bond acceptors (Lipinski definition) is 4. The second kappa shape index (κ2) is 4.30. The third-order valence-corrected chi connectivity index (χ3v) is 5.20. The van der Waals surface area contributed by atoms with E-state index in [-0.39, 0.29) is 23.3 Å². The van der Waals surface area contributed by atoms with Gasteiger partial charge in [0.25, 0.3) is 0 Å². The molecule has 1 aromatic rings. The maximum atomic E-state index is 12.6. The number of amides is 1. The van der Waals surface area contributed by atoms with Crippen LogP contribution in [0.2, 0.25) is 0 Å². The van der Waals surface area contributed by atoms with Gasteiger partial charge in [-0.25, -0.2) is 0 Å². The second-order valence-corrected chi connectivity index (χ2v) is 6.48. The van der Waals surface area contributed by atoms with Gasteiger partial charge in [-0.3, -0.25) is 9.89 Å². The molecule has 0 aromatic carbocycles. The van der Waals surface area contributed by atoms with Crippen molar-refractivity contribution in [1.82, 2.24) is 15.5 Å². The smallest absolute Gasteiger partial charge is 0.241 e. The maximum Gasteiger partial charge on any atom is 0.241 e. The molecule has 6 heteroatoms. The average Bonchev–Trinajstić information content (AvgIpc) is 3.03. The van der Waals surface area contributed by atoms with Crippen LogP contribution in [0.4, 0.5) is 0 Å². The van der Waals surface area contributed by atoms with Gasteiger partial charge >= 0.3 is 0 Å². The number of carbonyl (C=O) groups excluding carboxylic acids is 1. The third-order valence-electron chi connectivity index (χ3n) is 5.20. The van der Waals surface area contributed by atoms with Gasteiger partial charge in [0.05, 0.1) is 12.3 Å². The van der Waals surface area contributed by atoms with E-state index < -0.39 is 5.54 Å². The van der Waals surface area contributed by atoms with E-state index in [1.165, 1.54) is 0 Å². The van der Waals surface area contributed by atoms with Crippen LogP contribution in [0.15, 0.2) is 6.20 Å². The van der Waals surface area contributed by atoms with Crippen LogP contribution >= 0.6 is 0 Å². The van der Waals surface area contributed by atoms with E-state index >= 15 is 0 Å². The number of H-pyrrole nitrogens is 1. The Kier molecular flexibility index (Phi) is 2.92. The number of nitrogens with one attached hydrogen (secondary N) is 2. The second-order valence-electron chi connectivity index (χ2n) is 6.48. The molecule has 3 atom stereocenters. The van der Waals surface area contributed by atoms with E-state index in [0.717, 1.165) is 17.7 Å². The van der Waals surface area contributed by atoms with E-state index in [1.807, 2.05) is 20.8 Å². The summed E-state index contributed by atoms with van der Waals surface area (Å²) in [6.07, 6.45) is 2.70. The molecule has 1 aliphatic heterocycles. The lowest BCUT2D eigenvalue weighted by Gasteiger charge is -2.60. The normalized spacial score (nSPS) is 34.4. The zero-order chi connectivity index (χ0) is 14.5. The monoisotopic (exact) mass is 278 g/mol. The molecule has 0 bridgehead atoms. The number of ether oxygens (including phenoxy) is 1.